The summed E-state index contributed by atoms with van der Waals surface area (Å²) in [7, 11) is 0. The lowest BCUT2D eigenvalue weighted by molar-refractivity contribution is -0.384. The number of anilines is 1. The van der Waals surface area contributed by atoms with E-state index in [9.17, 15) is 24.8 Å². The predicted molar refractivity (Wildman–Crippen MR) is 83.2 cm³/mol. The summed E-state index contributed by atoms with van der Waals surface area (Å²) in [5.74, 6) is -1.86. The molecular weight excluding hydrogens is 300 g/mol. The fraction of sp³-hybridized carbons (Fsp3) is 0. The van der Waals surface area contributed by atoms with Gasteiger partial charge in [-0.3, -0.25) is 14.9 Å². The van der Waals surface area contributed by atoms with E-state index in [2.05, 4.69) is 5.32 Å². The average Bonchev–Trinajstić information content (AvgIpc) is 2.55. The number of carboxylic acid groups (broad SMARTS) is 1. The molecule has 116 valence electrons. The highest BCUT2D eigenvalue weighted by molar-refractivity contribution is 6.09. The van der Waals surface area contributed by atoms with Gasteiger partial charge in [0, 0.05) is 29.5 Å². The number of hydrogen-bond acceptors (Lipinski definition) is 5. The summed E-state index contributed by atoms with van der Waals surface area (Å²) in [6.07, 6.45) is 0.941. The molecule has 0 unspecified atom stereocenters. The SMILES string of the molecule is O=C(O)/C(=C\C(=O)c1ccc([N+](=O)[O-])cc1)Nc1ccccc1. The molecule has 0 aliphatic carbocycles. The van der Waals surface area contributed by atoms with Crippen LogP contribution in [0.5, 0.6) is 0 Å². The number of aliphatic carboxylic acids is 1. The minimum atomic E-state index is -1.29. The molecule has 2 aromatic carbocycles. The van der Waals surface area contributed by atoms with Crippen molar-refractivity contribution in [3.05, 3.63) is 82.0 Å². The van der Waals surface area contributed by atoms with Gasteiger partial charge in [-0.05, 0) is 24.3 Å². The highest BCUT2D eigenvalue weighted by Crippen LogP contribution is 2.14. The Labute approximate surface area is 131 Å². The molecule has 2 aromatic rings. The van der Waals surface area contributed by atoms with Crippen molar-refractivity contribution in [2.24, 2.45) is 0 Å². The fourth-order valence-corrected chi connectivity index (χ4v) is 1.79. The van der Waals surface area contributed by atoms with Gasteiger partial charge in [0.05, 0.1) is 4.92 Å². The monoisotopic (exact) mass is 312 g/mol. The number of hydrogen-bond donors (Lipinski definition) is 2. The summed E-state index contributed by atoms with van der Waals surface area (Å²) < 4.78 is 0. The molecule has 0 aromatic heterocycles. The second-order valence-corrected chi connectivity index (χ2v) is 4.52. The summed E-state index contributed by atoms with van der Waals surface area (Å²) in [6.45, 7) is 0. The first-order valence-electron chi connectivity index (χ1n) is 6.53. The van der Waals surface area contributed by atoms with Gasteiger partial charge in [-0.15, -0.1) is 0 Å². The molecule has 0 bridgehead atoms. The molecule has 0 spiro atoms. The second kappa shape index (κ2) is 6.99. The van der Waals surface area contributed by atoms with Crippen LogP contribution >= 0.6 is 0 Å². The summed E-state index contributed by atoms with van der Waals surface area (Å²) in [6, 6.07) is 13.5. The number of nitro groups is 1. The number of para-hydroxylation sites is 1. The molecule has 2 rings (SSSR count). The Morgan fingerprint density at radius 1 is 1.04 bits per heavy atom. The molecule has 0 fully saturated rings. The van der Waals surface area contributed by atoms with Crippen molar-refractivity contribution in [3.63, 3.8) is 0 Å². The standard InChI is InChI=1S/C16H12N2O5/c19-15(11-6-8-13(9-7-11)18(22)23)10-14(16(20)21)17-12-4-2-1-3-5-12/h1-10,17H,(H,20,21)/b14-10+. The normalized spacial score (nSPS) is 10.9. The van der Waals surface area contributed by atoms with Gasteiger partial charge in [0.25, 0.3) is 5.69 Å². The summed E-state index contributed by atoms with van der Waals surface area (Å²) in [4.78, 5) is 33.3. The Hall–Kier alpha value is -3.48. The van der Waals surface area contributed by atoms with Crippen molar-refractivity contribution in [2.75, 3.05) is 5.32 Å². The molecule has 7 heteroatoms. The first kappa shape index (κ1) is 15.9. The summed E-state index contributed by atoms with van der Waals surface area (Å²) in [5.41, 5.74) is 0.243. The number of carboxylic acids is 1. The van der Waals surface area contributed by atoms with Gasteiger partial charge in [-0.1, -0.05) is 18.2 Å². The molecule has 0 atom stereocenters. The maximum Gasteiger partial charge on any atom is 0.352 e. The minimum absolute atomic E-state index is 0.147. The first-order chi connectivity index (χ1) is 11.0. The maximum atomic E-state index is 12.1. The number of allylic oxidation sites excluding steroid dienone is 1. The quantitative estimate of drug-likeness (QED) is 0.367. The minimum Gasteiger partial charge on any atom is -0.477 e. The zero-order valence-electron chi connectivity index (χ0n) is 11.8. The number of nitrogens with zero attached hydrogens (tertiary/aromatic N) is 1. The number of non-ortho nitro benzene ring substituents is 1. The summed E-state index contributed by atoms with van der Waals surface area (Å²) in [5, 5.41) is 22.4. The number of carbonyl (C=O) groups is 2. The Balaban J connectivity index is 2.23. The second-order valence-electron chi connectivity index (χ2n) is 4.52. The van der Waals surface area contributed by atoms with Crippen LogP contribution in [-0.2, 0) is 4.79 Å². The van der Waals surface area contributed by atoms with Crippen molar-refractivity contribution in [1.29, 1.82) is 0 Å². The lowest BCUT2D eigenvalue weighted by atomic mass is 10.1. The lowest BCUT2D eigenvalue weighted by Gasteiger charge is -2.06. The van der Waals surface area contributed by atoms with E-state index >= 15 is 0 Å². The zero-order valence-corrected chi connectivity index (χ0v) is 11.8. The molecule has 0 radical (unpaired) electrons. The van der Waals surface area contributed by atoms with E-state index in [0.29, 0.717) is 5.69 Å². The van der Waals surface area contributed by atoms with Gasteiger partial charge < -0.3 is 10.4 Å². The van der Waals surface area contributed by atoms with E-state index in [1.165, 1.54) is 24.3 Å². The molecule has 23 heavy (non-hydrogen) atoms. The van der Waals surface area contributed by atoms with Crippen LogP contribution in [0.4, 0.5) is 11.4 Å². The Morgan fingerprint density at radius 2 is 1.65 bits per heavy atom. The van der Waals surface area contributed by atoms with E-state index in [-0.39, 0.29) is 16.9 Å². The van der Waals surface area contributed by atoms with Crippen LogP contribution in [-0.4, -0.2) is 21.8 Å². The number of benzene rings is 2. The van der Waals surface area contributed by atoms with E-state index < -0.39 is 16.7 Å². The van der Waals surface area contributed by atoms with Gasteiger partial charge in [-0.25, -0.2) is 4.79 Å². The van der Waals surface area contributed by atoms with Crippen molar-refractivity contribution in [3.8, 4) is 0 Å². The third-order valence-electron chi connectivity index (χ3n) is 2.92. The van der Waals surface area contributed by atoms with Crippen molar-refractivity contribution in [1.82, 2.24) is 0 Å². The van der Waals surface area contributed by atoms with Crippen LogP contribution < -0.4 is 5.32 Å². The number of nitrogens with one attached hydrogen (secondary N) is 1. The zero-order chi connectivity index (χ0) is 16.8. The van der Waals surface area contributed by atoms with Crippen LogP contribution in [0.15, 0.2) is 66.4 Å². The van der Waals surface area contributed by atoms with Crippen LogP contribution in [0.1, 0.15) is 10.4 Å². The average molecular weight is 312 g/mol. The van der Waals surface area contributed by atoms with E-state index in [4.69, 9.17) is 0 Å². The number of rotatable bonds is 6. The summed E-state index contributed by atoms with van der Waals surface area (Å²) >= 11 is 0. The Morgan fingerprint density at radius 3 is 2.17 bits per heavy atom. The van der Waals surface area contributed by atoms with Gasteiger partial charge in [0.15, 0.2) is 5.78 Å². The Bertz CT molecular complexity index is 767. The van der Waals surface area contributed by atoms with E-state index in [0.717, 1.165) is 6.08 Å². The van der Waals surface area contributed by atoms with Crippen molar-refractivity contribution in [2.45, 2.75) is 0 Å². The molecule has 0 heterocycles. The Kier molecular flexibility index (Phi) is 4.83. The van der Waals surface area contributed by atoms with Gasteiger partial charge in [-0.2, -0.15) is 0 Å². The smallest absolute Gasteiger partial charge is 0.352 e. The van der Waals surface area contributed by atoms with Crippen molar-refractivity contribution < 1.29 is 19.6 Å². The third-order valence-corrected chi connectivity index (χ3v) is 2.92. The van der Waals surface area contributed by atoms with Crippen LogP contribution in [0, 0.1) is 10.1 Å². The first-order valence-corrected chi connectivity index (χ1v) is 6.53. The van der Waals surface area contributed by atoms with E-state index in [1.54, 1.807) is 30.3 Å². The molecule has 7 nitrogen and oxygen atoms in total. The number of nitro benzene ring substituents is 1. The number of carbonyl (C=O) groups excluding carboxylic acids is 1. The topological polar surface area (TPSA) is 110 Å². The molecule has 0 amide bonds. The van der Waals surface area contributed by atoms with Crippen LogP contribution in [0.25, 0.3) is 0 Å². The molecular formula is C16H12N2O5. The van der Waals surface area contributed by atoms with Crippen LogP contribution in [0.2, 0.25) is 0 Å². The molecule has 0 saturated carbocycles. The molecule has 0 aliphatic heterocycles. The van der Waals surface area contributed by atoms with Crippen molar-refractivity contribution >= 4 is 23.1 Å². The van der Waals surface area contributed by atoms with E-state index in [1.807, 2.05) is 0 Å². The van der Waals surface area contributed by atoms with Gasteiger partial charge in [0.2, 0.25) is 0 Å². The predicted octanol–water partition coefficient (Wildman–Crippen LogP) is 2.86. The molecule has 2 N–H and O–H groups in total. The van der Waals surface area contributed by atoms with Gasteiger partial charge in [0.1, 0.15) is 5.70 Å². The lowest BCUT2D eigenvalue weighted by Crippen LogP contribution is -2.12. The molecule has 0 saturated heterocycles. The number of ketones is 1. The largest absolute Gasteiger partial charge is 0.477 e. The van der Waals surface area contributed by atoms with Crippen LogP contribution in [0.3, 0.4) is 0 Å². The highest BCUT2D eigenvalue weighted by Gasteiger charge is 2.13. The van der Waals surface area contributed by atoms with Gasteiger partial charge >= 0.3 is 5.97 Å². The third kappa shape index (κ3) is 4.24. The highest BCUT2D eigenvalue weighted by atomic mass is 16.6. The maximum absolute atomic E-state index is 12.1. The molecule has 0 aliphatic rings. The fourth-order valence-electron chi connectivity index (χ4n) is 1.79.